The van der Waals surface area contributed by atoms with Crippen molar-refractivity contribution in [2.45, 2.75) is 25.5 Å². The second kappa shape index (κ2) is 3.94. The summed E-state index contributed by atoms with van der Waals surface area (Å²) in [6, 6.07) is 0. The molecule has 5 nitrogen and oxygen atoms in total. The fourth-order valence-corrected chi connectivity index (χ4v) is 3.30. The first-order chi connectivity index (χ1) is 7.09. The fraction of sp³-hybridized carbons (Fsp3) is 0.667. The van der Waals surface area contributed by atoms with E-state index < -0.39 is 10.0 Å². The fourth-order valence-electron chi connectivity index (χ4n) is 1.68. The van der Waals surface area contributed by atoms with Crippen LogP contribution in [-0.2, 0) is 15.8 Å². The van der Waals surface area contributed by atoms with Crippen molar-refractivity contribution in [3.63, 3.8) is 0 Å². The van der Waals surface area contributed by atoms with Crippen molar-refractivity contribution in [1.82, 2.24) is 9.46 Å². The van der Waals surface area contributed by atoms with Crippen molar-refractivity contribution in [3.8, 4) is 0 Å². The second-order valence-electron chi connectivity index (χ2n) is 3.81. The van der Waals surface area contributed by atoms with E-state index in [-0.39, 0.29) is 5.75 Å². The number of hydrogen-bond donors (Lipinski definition) is 0. The van der Waals surface area contributed by atoms with Crippen LogP contribution in [0, 0.1) is 6.92 Å². The molecule has 0 atom stereocenters. The van der Waals surface area contributed by atoms with Crippen LogP contribution in [0.15, 0.2) is 10.8 Å². The van der Waals surface area contributed by atoms with Crippen LogP contribution in [0.5, 0.6) is 0 Å². The first kappa shape index (κ1) is 10.6. The van der Waals surface area contributed by atoms with Crippen LogP contribution in [-0.4, -0.2) is 31.0 Å². The van der Waals surface area contributed by atoms with Crippen LogP contribution in [0.1, 0.15) is 24.1 Å². The molecule has 84 valence electrons. The topological polar surface area (TPSA) is 63.4 Å². The van der Waals surface area contributed by atoms with Crippen LogP contribution < -0.4 is 0 Å². The maximum Gasteiger partial charge on any atom is 0.219 e. The average Bonchev–Trinajstić information content (AvgIpc) is 2.77. The summed E-state index contributed by atoms with van der Waals surface area (Å²) in [7, 11) is -3.19. The third-order valence-corrected chi connectivity index (χ3v) is 4.42. The van der Waals surface area contributed by atoms with Gasteiger partial charge in [-0.25, -0.2) is 12.7 Å². The Balaban J connectivity index is 2.14. The molecule has 1 aliphatic heterocycles. The summed E-state index contributed by atoms with van der Waals surface area (Å²) in [5.41, 5.74) is 1.31. The van der Waals surface area contributed by atoms with E-state index in [0.29, 0.717) is 18.8 Å². The van der Waals surface area contributed by atoms with E-state index in [0.717, 1.165) is 18.4 Å². The molecule has 1 fully saturated rings. The van der Waals surface area contributed by atoms with Gasteiger partial charge in [0.25, 0.3) is 0 Å². The molecule has 0 aliphatic carbocycles. The first-order valence-corrected chi connectivity index (χ1v) is 6.58. The monoisotopic (exact) mass is 230 g/mol. The number of rotatable bonds is 3. The highest BCUT2D eigenvalue weighted by Crippen LogP contribution is 2.17. The van der Waals surface area contributed by atoms with Gasteiger partial charge < -0.3 is 4.52 Å². The van der Waals surface area contributed by atoms with Gasteiger partial charge in [0.15, 0.2) is 0 Å². The van der Waals surface area contributed by atoms with E-state index in [1.807, 2.05) is 0 Å². The molecule has 1 aromatic heterocycles. The van der Waals surface area contributed by atoms with Gasteiger partial charge in [-0.3, -0.25) is 0 Å². The highest BCUT2D eigenvalue weighted by Gasteiger charge is 2.26. The lowest BCUT2D eigenvalue weighted by Crippen LogP contribution is -2.29. The minimum atomic E-state index is -3.19. The minimum Gasteiger partial charge on any atom is -0.364 e. The zero-order chi connectivity index (χ0) is 10.9. The molecule has 1 aliphatic rings. The summed E-state index contributed by atoms with van der Waals surface area (Å²) >= 11 is 0. The smallest absolute Gasteiger partial charge is 0.219 e. The number of sulfonamides is 1. The van der Waals surface area contributed by atoms with Gasteiger partial charge in [-0.2, -0.15) is 0 Å². The average molecular weight is 230 g/mol. The Hall–Kier alpha value is -0.880. The van der Waals surface area contributed by atoms with E-state index in [9.17, 15) is 8.42 Å². The van der Waals surface area contributed by atoms with Crippen LogP contribution in [0.3, 0.4) is 0 Å². The SMILES string of the molecule is Cc1conc1CS(=O)(=O)N1CCCC1. The molecule has 0 aromatic carbocycles. The molecular formula is C9H14N2O3S. The minimum absolute atomic E-state index is 0.0463. The summed E-state index contributed by atoms with van der Waals surface area (Å²) in [5, 5.41) is 3.69. The van der Waals surface area contributed by atoms with Crippen molar-refractivity contribution in [3.05, 3.63) is 17.5 Å². The number of nitrogens with zero attached hydrogens (tertiary/aromatic N) is 2. The zero-order valence-corrected chi connectivity index (χ0v) is 9.46. The highest BCUT2D eigenvalue weighted by atomic mass is 32.2. The number of aryl methyl sites for hydroxylation is 1. The molecule has 0 bridgehead atoms. The van der Waals surface area contributed by atoms with Crippen molar-refractivity contribution < 1.29 is 12.9 Å². The van der Waals surface area contributed by atoms with Crippen molar-refractivity contribution in [2.75, 3.05) is 13.1 Å². The molecule has 0 N–H and O–H groups in total. The molecule has 15 heavy (non-hydrogen) atoms. The molecule has 1 saturated heterocycles. The predicted octanol–water partition coefficient (Wildman–Crippen LogP) is 0.909. The largest absolute Gasteiger partial charge is 0.364 e. The summed E-state index contributed by atoms with van der Waals surface area (Å²) in [5.74, 6) is -0.0463. The Morgan fingerprint density at radius 1 is 1.47 bits per heavy atom. The lowest BCUT2D eigenvalue weighted by molar-refractivity contribution is 0.412. The van der Waals surface area contributed by atoms with Gasteiger partial charge in [0, 0.05) is 18.7 Å². The summed E-state index contributed by atoms with van der Waals surface area (Å²) < 4.78 is 30.0. The van der Waals surface area contributed by atoms with E-state index in [1.54, 1.807) is 6.92 Å². The number of aromatic nitrogens is 1. The summed E-state index contributed by atoms with van der Waals surface area (Å²) in [6.07, 6.45) is 3.38. The molecule has 0 spiro atoms. The normalized spacial score (nSPS) is 18.5. The van der Waals surface area contributed by atoms with Gasteiger partial charge in [0.2, 0.25) is 10.0 Å². The standard InChI is InChI=1S/C9H14N2O3S/c1-8-6-14-10-9(8)7-15(12,13)11-4-2-3-5-11/h6H,2-5,7H2,1H3. The van der Waals surface area contributed by atoms with Crippen LogP contribution in [0.4, 0.5) is 0 Å². The Kier molecular flexibility index (Phi) is 2.79. The molecule has 2 heterocycles. The lowest BCUT2D eigenvalue weighted by atomic mass is 10.3. The quantitative estimate of drug-likeness (QED) is 0.774. The molecule has 1 aromatic rings. The van der Waals surface area contributed by atoms with Crippen molar-refractivity contribution in [1.29, 1.82) is 0 Å². The van der Waals surface area contributed by atoms with Crippen molar-refractivity contribution in [2.24, 2.45) is 0 Å². The van der Waals surface area contributed by atoms with Gasteiger partial charge in [0.1, 0.15) is 17.7 Å². The van der Waals surface area contributed by atoms with E-state index in [1.165, 1.54) is 10.6 Å². The Morgan fingerprint density at radius 2 is 2.13 bits per heavy atom. The summed E-state index contributed by atoms with van der Waals surface area (Å²) in [4.78, 5) is 0. The Labute approximate surface area is 89.1 Å². The van der Waals surface area contributed by atoms with Gasteiger partial charge in [-0.1, -0.05) is 5.16 Å². The van der Waals surface area contributed by atoms with E-state index >= 15 is 0 Å². The summed E-state index contributed by atoms with van der Waals surface area (Å²) in [6.45, 7) is 3.07. The first-order valence-electron chi connectivity index (χ1n) is 4.97. The van der Waals surface area contributed by atoms with E-state index in [2.05, 4.69) is 5.16 Å². The van der Waals surface area contributed by atoms with Crippen LogP contribution >= 0.6 is 0 Å². The molecule has 0 unspecified atom stereocenters. The molecule has 0 saturated carbocycles. The zero-order valence-electron chi connectivity index (χ0n) is 8.64. The van der Waals surface area contributed by atoms with E-state index in [4.69, 9.17) is 4.52 Å². The van der Waals surface area contributed by atoms with Gasteiger partial charge >= 0.3 is 0 Å². The number of hydrogen-bond acceptors (Lipinski definition) is 4. The maximum absolute atomic E-state index is 11.9. The van der Waals surface area contributed by atoms with Crippen molar-refractivity contribution >= 4 is 10.0 Å². The second-order valence-corrected chi connectivity index (χ2v) is 5.78. The van der Waals surface area contributed by atoms with Crippen LogP contribution in [0.25, 0.3) is 0 Å². The molecule has 0 amide bonds. The molecular weight excluding hydrogens is 216 g/mol. The van der Waals surface area contributed by atoms with Gasteiger partial charge in [-0.05, 0) is 19.8 Å². The third-order valence-electron chi connectivity index (χ3n) is 2.63. The predicted molar refractivity (Wildman–Crippen MR) is 54.7 cm³/mol. The lowest BCUT2D eigenvalue weighted by Gasteiger charge is -2.14. The molecule has 2 rings (SSSR count). The Morgan fingerprint density at radius 3 is 2.67 bits per heavy atom. The van der Waals surface area contributed by atoms with Gasteiger partial charge in [-0.15, -0.1) is 0 Å². The maximum atomic E-state index is 11.9. The molecule has 6 heteroatoms. The third kappa shape index (κ3) is 2.21. The highest BCUT2D eigenvalue weighted by molar-refractivity contribution is 7.88. The van der Waals surface area contributed by atoms with Crippen LogP contribution in [0.2, 0.25) is 0 Å². The Bertz CT molecular complexity index is 432. The van der Waals surface area contributed by atoms with Gasteiger partial charge in [0.05, 0.1) is 0 Å². The molecule has 0 radical (unpaired) electrons.